The van der Waals surface area contributed by atoms with Crippen molar-refractivity contribution >= 4 is 9.84 Å². The molecule has 2 rings (SSSR count). The molecule has 1 fully saturated rings. The Morgan fingerprint density at radius 2 is 2.15 bits per heavy atom. The van der Waals surface area contributed by atoms with Crippen LogP contribution in [0.1, 0.15) is 36.8 Å². The van der Waals surface area contributed by atoms with Gasteiger partial charge in [-0.2, -0.15) is 0 Å². The van der Waals surface area contributed by atoms with Gasteiger partial charge in [-0.1, -0.05) is 6.92 Å². The minimum atomic E-state index is -2.96. The Balaban J connectivity index is 2.01. The van der Waals surface area contributed by atoms with E-state index in [1.807, 2.05) is 24.1 Å². The molecule has 3 atom stereocenters. The van der Waals surface area contributed by atoms with E-state index in [-0.39, 0.29) is 11.8 Å². The zero-order chi connectivity index (χ0) is 14.9. The van der Waals surface area contributed by atoms with E-state index in [1.54, 1.807) is 0 Å². The van der Waals surface area contributed by atoms with Gasteiger partial charge in [0, 0.05) is 25.3 Å². The van der Waals surface area contributed by atoms with Crippen molar-refractivity contribution in [2.24, 2.45) is 11.7 Å². The lowest BCUT2D eigenvalue weighted by Gasteiger charge is -2.24. The molecule has 0 spiro atoms. The second kappa shape index (κ2) is 5.87. The summed E-state index contributed by atoms with van der Waals surface area (Å²) in [4.78, 5) is 1.94. The van der Waals surface area contributed by atoms with E-state index < -0.39 is 9.84 Å². The van der Waals surface area contributed by atoms with E-state index in [0.717, 1.165) is 11.5 Å². The van der Waals surface area contributed by atoms with Gasteiger partial charge in [0.25, 0.3) is 0 Å². The fraction of sp³-hybridized carbons (Fsp3) is 0.714. The zero-order valence-corrected chi connectivity index (χ0v) is 13.2. The molecule has 6 heteroatoms. The number of nitrogens with zero attached hydrogens (tertiary/aromatic N) is 1. The van der Waals surface area contributed by atoms with Crippen LogP contribution in [0, 0.1) is 5.92 Å². The van der Waals surface area contributed by atoms with Crippen LogP contribution in [0.4, 0.5) is 0 Å². The average molecular weight is 300 g/mol. The first kappa shape index (κ1) is 15.5. The number of furan rings is 1. The summed E-state index contributed by atoms with van der Waals surface area (Å²) in [6.07, 6.45) is 2.43. The SMILES string of the molecule is CC1CC1c1ccc(C(CN)N(C)CCS(C)(=O)=O)o1. The highest BCUT2D eigenvalue weighted by Gasteiger charge is 2.37. The Bertz CT molecular complexity index is 553. The predicted octanol–water partition coefficient (Wildman–Crippen LogP) is 1.38. The van der Waals surface area contributed by atoms with Crippen molar-refractivity contribution in [2.45, 2.75) is 25.3 Å². The third-order valence-corrected chi connectivity index (χ3v) is 4.95. The molecule has 1 aromatic rings. The van der Waals surface area contributed by atoms with Crippen LogP contribution in [0.15, 0.2) is 16.5 Å². The number of hydrogen-bond acceptors (Lipinski definition) is 5. The van der Waals surface area contributed by atoms with Crippen LogP contribution in [0.3, 0.4) is 0 Å². The minimum absolute atomic E-state index is 0.0699. The van der Waals surface area contributed by atoms with Gasteiger partial charge < -0.3 is 10.2 Å². The summed E-state index contributed by atoms with van der Waals surface area (Å²) in [6.45, 7) is 3.08. The molecular weight excluding hydrogens is 276 g/mol. The summed E-state index contributed by atoms with van der Waals surface area (Å²) < 4.78 is 28.4. The molecule has 20 heavy (non-hydrogen) atoms. The van der Waals surface area contributed by atoms with E-state index in [4.69, 9.17) is 10.2 Å². The maximum atomic E-state index is 11.2. The van der Waals surface area contributed by atoms with Crippen LogP contribution in [0.5, 0.6) is 0 Å². The smallest absolute Gasteiger partial charge is 0.148 e. The van der Waals surface area contributed by atoms with Gasteiger partial charge in [-0.15, -0.1) is 0 Å². The van der Waals surface area contributed by atoms with Gasteiger partial charge in [-0.3, -0.25) is 4.90 Å². The summed E-state index contributed by atoms with van der Waals surface area (Å²) >= 11 is 0. The Morgan fingerprint density at radius 3 is 2.65 bits per heavy atom. The Hall–Kier alpha value is -0.850. The summed E-state index contributed by atoms with van der Waals surface area (Å²) in [6, 6.07) is 3.92. The monoisotopic (exact) mass is 300 g/mol. The maximum absolute atomic E-state index is 11.2. The van der Waals surface area contributed by atoms with E-state index in [0.29, 0.717) is 24.9 Å². The molecule has 114 valence electrons. The second-order valence-corrected chi connectivity index (χ2v) is 8.18. The molecule has 5 nitrogen and oxygen atoms in total. The molecule has 1 aliphatic carbocycles. The number of hydrogen-bond donors (Lipinski definition) is 1. The summed E-state index contributed by atoms with van der Waals surface area (Å²) in [5.41, 5.74) is 5.82. The molecule has 0 radical (unpaired) electrons. The van der Waals surface area contributed by atoms with Crippen molar-refractivity contribution in [3.8, 4) is 0 Å². The summed E-state index contributed by atoms with van der Waals surface area (Å²) in [5, 5.41) is 0. The summed E-state index contributed by atoms with van der Waals surface area (Å²) in [5.74, 6) is 3.24. The van der Waals surface area contributed by atoms with Gasteiger partial charge >= 0.3 is 0 Å². The quantitative estimate of drug-likeness (QED) is 0.823. The maximum Gasteiger partial charge on any atom is 0.148 e. The van der Waals surface area contributed by atoms with Gasteiger partial charge in [0.05, 0.1) is 11.8 Å². The molecule has 2 N–H and O–H groups in total. The Kier molecular flexibility index (Phi) is 4.56. The molecule has 0 bridgehead atoms. The minimum Gasteiger partial charge on any atom is -0.464 e. The number of nitrogens with two attached hydrogens (primary N) is 1. The van der Waals surface area contributed by atoms with Crippen LogP contribution < -0.4 is 5.73 Å². The second-order valence-electron chi connectivity index (χ2n) is 5.92. The van der Waals surface area contributed by atoms with Crippen molar-refractivity contribution in [3.63, 3.8) is 0 Å². The first-order chi connectivity index (χ1) is 9.31. The summed E-state index contributed by atoms with van der Waals surface area (Å²) in [7, 11) is -1.08. The number of likely N-dealkylation sites (N-methyl/N-ethyl adjacent to an activating group) is 1. The van der Waals surface area contributed by atoms with Crippen LogP contribution in [-0.4, -0.2) is 45.5 Å². The van der Waals surface area contributed by atoms with Crippen LogP contribution in [-0.2, 0) is 9.84 Å². The molecule has 3 unspecified atom stereocenters. The van der Waals surface area contributed by atoms with Gasteiger partial charge in [-0.25, -0.2) is 8.42 Å². The molecule has 0 aromatic carbocycles. The molecule has 0 aliphatic heterocycles. The molecule has 1 saturated carbocycles. The van der Waals surface area contributed by atoms with Gasteiger partial charge in [0.2, 0.25) is 0 Å². The predicted molar refractivity (Wildman–Crippen MR) is 79.4 cm³/mol. The van der Waals surface area contributed by atoms with Gasteiger partial charge in [0.1, 0.15) is 21.4 Å². The first-order valence-corrected chi connectivity index (χ1v) is 9.05. The normalized spacial score (nSPS) is 24.1. The van der Waals surface area contributed by atoms with E-state index in [1.165, 1.54) is 12.7 Å². The third-order valence-electron chi connectivity index (χ3n) is 4.02. The highest BCUT2D eigenvalue weighted by atomic mass is 32.2. The van der Waals surface area contributed by atoms with Crippen molar-refractivity contribution in [1.29, 1.82) is 0 Å². The third kappa shape index (κ3) is 3.84. The standard InChI is InChI=1S/C14H24N2O3S/c1-10-8-11(10)13-4-5-14(19-13)12(9-15)16(2)6-7-20(3,17)18/h4-5,10-12H,6-9,15H2,1-3H3. The molecule has 0 amide bonds. The largest absolute Gasteiger partial charge is 0.464 e. The highest BCUT2D eigenvalue weighted by Crippen LogP contribution is 2.47. The Morgan fingerprint density at radius 1 is 1.50 bits per heavy atom. The van der Waals surface area contributed by atoms with Gasteiger partial charge in [0.15, 0.2) is 0 Å². The fourth-order valence-corrected chi connectivity index (χ4v) is 3.06. The van der Waals surface area contributed by atoms with E-state index in [2.05, 4.69) is 6.92 Å². The van der Waals surface area contributed by atoms with Crippen LogP contribution in [0.25, 0.3) is 0 Å². The lowest BCUT2D eigenvalue weighted by Crippen LogP contribution is -2.33. The molecule has 1 heterocycles. The number of sulfone groups is 1. The van der Waals surface area contributed by atoms with Crippen molar-refractivity contribution in [2.75, 3.05) is 32.1 Å². The molecule has 0 saturated heterocycles. The van der Waals surface area contributed by atoms with Crippen molar-refractivity contribution < 1.29 is 12.8 Å². The van der Waals surface area contributed by atoms with E-state index >= 15 is 0 Å². The first-order valence-electron chi connectivity index (χ1n) is 6.99. The van der Waals surface area contributed by atoms with Crippen molar-refractivity contribution in [3.05, 3.63) is 23.7 Å². The molecule has 1 aliphatic rings. The highest BCUT2D eigenvalue weighted by molar-refractivity contribution is 7.90. The van der Waals surface area contributed by atoms with Crippen LogP contribution >= 0.6 is 0 Å². The Labute approximate surface area is 121 Å². The number of rotatable bonds is 7. The topological polar surface area (TPSA) is 76.5 Å². The molecular formula is C14H24N2O3S. The lowest BCUT2D eigenvalue weighted by molar-refractivity contribution is 0.228. The molecule has 1 aromatic heterocycles. The average Bonchev–Trinajstić information content (AvgIpc) is 2.89. The van der Waals surface area contributed by atoms with Crippen LogP contribution in [0.2, 0.25) is 0 Å². The van der Waals surface area contributed by atoms with Gasteiger partial charge in [-0.05, 0) is 31.5 Å². The zero-order valence-electron chi connectivity index (χ0n) is 12.4. The lowest BCUT2D eigenvalue weighted by atomic mass is 10.2. The van der Waals surface area contributed by atoms with E-state index in [9.17, 15) is 8.42 Å². The fourth-order valence-electron chi connectivity index (χ4n) is 2.44. The van der Waals surface area contributed by atoms with Crippen molar-refractivity contribution in [1.82, 2.24) is 4.90 Å².